The molecule has 0 saturated heterocycles. The van der Waals surface area contributed by atoms with E-state index in [0.29, 0.717) is 19.0 Å². The summed E-state index contributed by atoms with van der Waals surface area (Å²) < 4.78 is 29.7. The average molecular weight is 342 g/mol. The summed E-state index contributed by atoms with van der Waals surface area (Å²) in [6, 6.07) is 7.62. The highest BCUT2D eigenvalue weighted by Gasteiger charge is 2.31. The van der Waals surface area contributed by atoms with Crippen molar-refractivity contribution in [3.63, 3.8) is 0 Å². The molecule has 23 heavy (non-hydrogen) atoms. The second kappa shape index (κ2) is 9.46. The van der Waals surface area contributed by atoms with E-state index in [9.17, 15) is 4.57 Å². The first-order chi connectivity index (χ1) is 10.8. The number of unbranched alkanes of at least 4 members (excludes halogenated alkanes) is 2. The predicted octanol–water partition coefficient (Wildman–Crippen LogP) is 6.10. The van der Waals surface area contributed by atoms with Crippen molar-refractivity contribution in [3.05, 3.63) is 29.8 Å². The minimum Gasteiger partial charge on any atom is -0.404 e. The summed E-state index contributed by atoms with van der Waals surface area (Å²) >= 11 is 0. The smallest absolute Gasteiger partial charge is 0.404 e. The van der Waals surface area contributed by atoms with Crippen LogP contribution in [-0.4, -0.2) is 13.2 Å². The SMILES string of the molecule is CCCCOP(=O)(OCCCC)Oc1ccccc1C(C)(C)C. The average Bonchev–Trinajstić information content (AvgIpc) is 2.47. The third kappa shape index (κ3) is 7.07. The Hall–Kier alpha value is -0.830. The van der Waals surface area contributed by atoms with Crippen molar-refractivity contribution < 1.29 is 18.1 Å². The van der Waals surface area contributed by atoms with E-state index in [1.54, 1.807) is 0 Å². The molecular weight excluding hydrogens is 311 g/mol. The molecule has 1 aromatic rings. The molecule has 0 radical (unpaired) electrons. The molecule has 0 saturated carbocycles. The molecule has 5 heteroatoms. The Morgan fingerprint density at radius 3 is 1.96 bits per heavy atom. The number of para-hydroxylation sites is 1. The first-order valence-corrected chi connectivity index (χ1v) is 9.96. The van der Waals surface area contributed by atoms with Crippen LogP contribution in [0.15, 0.2) is 24.3 Å². The van der Waals surface area contributed by atoms with Gasteiger partial charge in [0.05, 0.1) is 13.2 Å². The normalized spacial score (nSPS) is 12.4. The highest BCUT2D eigenvalue weighted by Crippen LogP contribution is 2.51. The minimum atomic E-state index is -3.60. The summed E-state index contributed by atoms with van der Waals surface area (Å²) in [5.74, 6) is 0.566. The second-order valence-corrected chi connectivity index (χ2v) is 8.25. The van der Waals surface area contributed by atoms with Crippen LogP contribution in [0.4, 0.5) is 0 Å². The van der Waals surface area contributed by atoms with Gasteiger partial charge in [-0.15, -0.1) is 0 Å². The molecule has 0 aliphatic rings. The minimum absolute atomic E-state index is 0.117. The molecule has 0 bridgehead atoms. The van der Waals surface area contributed by atoms with Gasteiger partial charge in [-0.2, -0.15) is 0 Å². The van der Waals surface area contributed by atoms with Crippen LogP contribution in [0, 0.1) is 0 Å². The molecule has 0 heterocycles. The molecule has 132 valence electrons. The zero-order valence-corrected chi connectivity index (χ0v) is 16.0. The molecule has 4 nitrogen and oxygen atoms in total. The fraction of sp³-hybridized carbons (Fsp3) is 0.667. The van der Waals surface area contributed by atoms with Crippen molar-refractivity contribution in [2.45, 2.75) is 65.7 Å². The van der Waals surface area contributed by atoms with Gasteiger partial charge in [0.15, 0.2) is 0 Å². The zero-order valence-electron chi connectivity index (χ0n) is 15.1. The Balaban J connectivity index is 2.94. The molecule has 0 amide bonds. The molecule has 0 aliphatic carbocycles. The Morgan fingerprint density at radius 1 is 0.957 bits per heavy atom. The van der Waals surface area contributed by atoms with E-state index in [-0.39, 0.29) is 5.41 Å². The van der Waals surface area contributed by atoms with Gasteiger partial charge in [-0.05, 0) is 24.3 Å². The number of benzene rings is 1. The summed E-state index contributed by atoms with van der Waals surface area (Å²) in [6.07, 6.45) is 3.58. The number of rotatable bonds is 10. The lowest BCUT2D eigenvalue weighted by Crippen LogP contribution is -2.14. The van der Waals surface area contributed by atoms with Crippen LogP contribution in [0.2, 0.25) is 0 Å². The number of hydrogen-bond acceptors (Lipinski definition) is 4. The van der Waals surface area contributed by atoms with Crippen LogP contribution in [0.1, 0.15) is 65.9 Å². The Kier molecular flexibility index (Phi) is 8.32. The first-order valence-electron chi connectivity index (χ1n) is 8.50. The molecule has 1 rings (SSSR count). The van der Waals surface area contributed by atoms with Crippen LogP contribution in [-0.2, 0) is 19.0 Å². The summed E-state index contributed by atoms with van der Waals surface area (Å²) in [4.78, 5) is 0. The standard InChI is InChI=1S/C18H31O4P/c1-6-8-14-20-23(19,21-15-9-7-2)22-17-13-11-10-12-16(17)18(3,4)5/h10-13H,6-9,14-15H2,1-5H3. The van der Waals surface area contributed by atoms with Crippen LogP contribution >= 0.6 is 7.82 Å². The van der Waals surface area contributed by atoms with Gasteiger partial charge in [0.25, 0.3) is 0 Å². The van der Waals surface area contributed by atoms with Crippen molar-refractivity contribution in [2.24, 2.45) is 0 Å². The van der Waals surface area contributed by atoms with Gasteiger partial charge in [0.2, 0.25) is 0 Å². The Morgan fingerprint density at radius 2 is 1.48 bits per heavy atom. The summed E-state index contributed by atoms with van der Waals surface area (Å²) in [5.41, 5.74) is 0.868. The number of phosphoric ester groups is 1. The van der Waals surface area contributed by atoms with Crippen LogP contribution in [0.5, 0.6) is 5.75 Å². The molecule has 1 aromatic carbocycles. The topological polar surface area (TPSA) is 44.8 Å². The molecule has 0 aliphatic heterocycles. The predicted molar refractivity (Wildman–Crippen MR) is 95.1 cm³/mol. The first kappa shape index (κ1) is 20.2. The van der Waals surface area contributed by atoms with Crippen molar-refractivity contribution in [3.8, 4) is 5.75 Å². The quantitative estimate of drug-likeness (QED) is 0.380. The van der Waals surface area contributed by atoms with Gasteiger partial charge in [0.1, 0.15) is 5.75 Å². The van der Waals surface area contributed by atoms with E-state index < -0.39 is 7.82 Å². The van der Waals surface area contributed by atoms with Crippen molar-refractivity contribution in [1.29, 1.82) is 0 Å². The van der Waals surface area contributed by atoms with E-state index in [4.69, 9.17) is 13.6 Å². The van der Waals surface area contributed by atoms with E-state index in [2.05, 4.69) is 34.6 Å². The lowest BCUT2D eigenvalue weighted by Gasteiger charge is -2.25. The molecule has 0 N–H and O–H groups in total. The third-order valence-electron chi connectivity index (χ3n) is 3.40. The lowest BCUT2D eigenvalue weighted by molar-refractivity contribution is 0.151. The Labute approximate surface area is 141 Å². The number of phosphoric acid groups is 1. The van der Waals surface area contributed by atoms with Gasteiger partial charge >= 0.3 is 7.82 Å². The van der Waals surface area contributed by atoms with Crippen LogP contribution < -0.4 is 4.52 Å². The lowest BCUT2D eigenvalue weighted by atomic mass is 9.86. The van der Waals surface area contributed by atoms with Gasteiger partial charge in [0, 0.05) is 5.56 Å². The Bertz CT molecular complexity index is 494. The second-order valence-electron chi connectivity index (χ2n) is 6.66. The number of hydrogen-bond donors (Lipinski definition) is 0. The van der Waals surface area contributed by atoms with E-state index in [0.717, 1.165) is 31.2 Å². The van der Waals surface area contributed by atoms with Crippen molar-refractivity contribution in [2.75, 3.05) is 13.2 Å². The summed E-state index contributed by atoms with van der Waals surface area (Å²) in [7, 11) is -3.60. The van der Waals surface area contributed by atoms with E-state index >= 15 is 0 Å². The van der Waals surface area contributed by atoms with E-state index in [1.807, 2.05) is 24.3 Å². The highest BCUT2D eigenvalue weighted by molar-refractivity contribution is 7.48. The third-order valence-corrected chi connectivity index (χ3v) is 4.82. The largest absolute Gasteiger partial charge is 0.530 e. The molecule has 0 atom stereocenters. The van der Waals surface area contributed by atoms with Crippen molar-refractivity contribution >= 4 is 7.82 Å². The highest BCUT2D eigenvalue weighted by atomic mass is 31.2. The van der Waals surface area contributed by atoms with Crippen LogP contribution in [0.3, 0.4) is 0 Å². The maximum absolute atomic E-state index is 12.9. The molecular formula is C18H31O4P. The maximum Gasteiger partial charge on any atom is 0.530 e. The fourth-order valence-corrected chi connectivity index (χ4v) is 3.30. The summed E-state index contributed by atoms with van der Waals surface area (Å²) in [6.45, 7) is 11.1. The summed E-state index contributed by atoms with van der Waals surface area (Å²) in [5, 5.41) is 0. The van der Waals surface area contributed by atoms with Crippen LogP contribution in [0.25, 0.3) is 0 Å². The van der Waals surface area contributed by atoms with E-state index in [1.165, 1.54) is 0 Å². The molecule has 0 aromatic heterocycles. The van der Waals surface area contributed by atoms with Gasteiger partial charge in [-0.1, -0.05) is 65.7 Å². The molecule has 0 spiro atoms. The van der Waals surface area contributed by atoms with Gasteiger partial charge < -0.3 is 4.52 Å². The van der Waals surface area contributed by atoms with Gasteiger partial charge in [-0.25, -0.2) is 4.57 Å². The molecule has 0 fully saturated rings. The monoisotopic (exact) mass is 342 g/mol. The molecule has 0 unspecified atom stereocenters. The maximum atomic E-state index is 12.9. The van der Waals surface area contributed by atoms with Crippen molar-refractivity contribution in [1.82, 2.24) is 0 Å². The van der Waals surface area contributed by atoms with Gasteiger partial charge in [-0.3, -0.25) is 9.05 Å². The fourth-order valence-electron chi connectivity index (χ4n) is 2.02. The zero-order chi connectivity index (χ0) is 17.3.